The SMILES string of the molecule is Cc1ccc(O)c(C(C)NCC2(O)CCC2)c1. The van der Waals surface area contributed by atoms with E-state index < -0.39 is 5.60 Å². The Labute approximate surface area is 102 Å². The van der Waals surface area contributed by atoms with E-state index in [1.54, 1.807) is 6.07 Å². The molecule has 0 spiro atoms. The molecule has 1 aliphatic rings. The number of aliphatic hydroxyl groups is 1. The first-order valence-electron chi connectivity index (χ1n) is 6.25. The highest BCUT2D eigenvalue weighted by Gasteiger charge is 2.34. The van der Waals surface area contributed by atoms with Crippen molar-refractivity contribution in [1.29, 1.82) is 0 Å². The molecule has 94 valence electrons. The zero-order chi connectivity index (χ0) is 12.5. The van der Waals surface area contributed by atoms with Crippen molar-refractivity contribution in [2.45, 2.75) is 44.8 Å². The monoisotopic (exact) mass is 235 g/mol. The fraction of sp³-hybridized carbons (Fsp3) is 0.571. The Kier molecular flexibility index (Phi) is 3.40. The first kappa shape index (κ1) is 12.4. The lowest BCUT2D eigenvalue weighted by Crippen LogP contribution is -2.46. The van der Waals surface area contributed by atoms with Gasteiger partial charge in [-0.05, 0) is 39.2 Å². The minimum absolute atomic E-state index is 0.0551. The van der Waals surface area contributed by atoms with Gasteiger partial charge in [0.25, 0.3) is 0 Å². The Morgan fingerprint density at radius 1 is 1.41 bits per heavy atom. The largest absolute Gasteiger partial charge is 0.508 e. The molecule has 0 aromatic heterocycles. The van der Waals surface area contributed by atoms with Crippen LogP contribution in [0.5, 0.6) is 5.75 Å². The van der Waals surface area contributed by atoms with E-state index in [2.05, 4.69) is 5.32 Å². The molecule has 1 aromatic rings. The molecule has 1 aromatic carbocycles. The Bertz CT molecular complexity index is 399. The van der Waals surface area contributed by atoms with Gasteiger partial charge in [0.1, 0.15) is 5.75 Å². The molecule has 1 saturated carbocycles. The van der Waals surface area contributed by atoms with Crippen molar-refractivity contribution in [3.63, 3.8) is 0 Å². The molecule has 17 heavy (non-hydrogen) atoms. The van der Waals surface area contributed by atoms with Crippen LogP contribution in [0, 0.1) is 6.92 Å². The molecular weight excluding hydrogens is 214 g/mol. The highest BCUT2D eigenvalue weighted by Crippen LogP contribution is 2.32. The van der Waals surface area contributed by atoms with Gasteiger partial charge in [0.2, 0.25) is 0 Å². The molecule has 1 atom stereocenters. The average Bonchev–Trinajstić information content (AvgIpc) is 2.26. The third-order valence-corrected chi connectivity index (χ3v) is 3.67. The predicted molar refractivity (Wildman–Crippen MR) is 68.1 cm³/mol. The quantitative estimate of drug-likeness (QED) is 0.750. The van der Waals surface area contributed by atoms with Crippen LogP contribution in [0.4, 0.5) is 0 Å². The van der Waals surface area contributed by atoms with Crippen LogP contribution in [0.25, 0.3) is 0 Å². The van der Waals surface area contributed by atoms with Crippen LogP contribution >= 0.6 is 0 Å². The summed E-state index contributed by atoms with van der Waals surface area (Å²) in [6, 6.07) is 5.66. The number of aryl methyl sites for hydroxylation is 1. The van der Waals surface area contributed by atoms with Crippen molar-refractivity contribution in [3.05, 3.63) is 29.3 Å². The van der Waals surface area contributed by atoms with Gasteiger partial charge in [0.05, 0.1) is 5.60 Å². The van der Waals surface area contributed by atoms with E-state index in [4.69, 9.17) is 0 Å². The maximum absolute atomic E-state index is 10.0. The molecule has 1 unspecified atom stereocenters. The van der Waals surface area contributed by atoms with Gasteiger partial charge < -0.3 is 15.5 Å². The molecule has 0 amide bonds. The van der Waals surface area contributed by atoms with Gasteiger partial charge in [-0.25, -0.2) is 0 Å². The Morgan fingerprint density at radius 3 is 2.71 bits per heavy atom. The Hall–Kier alpha value is -1.06. The van der Waals surface area contributed by atoms with E-state index in [0.29, 0.717) is 12.3 Å². The van der Waals surface area contributed by atoms with Gasteiger partial charge in [-0.3, -0.25) is 0 Å². The van der Waals surface area contributed by atoms with Crippen LogP contribution in [0.2, 0.25) is 0 Å². The van der Waals surface area contributed by atoms with E-state index >= 15 is 0 Å². The molecule has 1 fully saturated rings. The highest BCUT2D eigenvalue weighted by atomic mass is 16.3. The van der Waals surface area contributed by atoms with Crippen LogP contribution in [0.3, 0.4) is 0 Å². The van der Waals surface area contributed by atoms with E-state index in [1.165, 1.54) is 0 Å². The molecule has 0 aliphatic heterocycles. The molecule has 3 N–H and O–H groups in total. The van der Waals surface area contributed by atoms with Gasteiger partial charge in [0, 0.05) is 18.2 Å². The van der Waals surface area contributed by atoms with Gasteiger partial charge in [-0.2, -0.15) is 0 Å². The molecule has 2 rings (SSSR count). The third-order valence-electron chi connectivity index (χ3n) is 3.67. The summed E-state index contributed by atoms with van der Waals surface area (Å²) < 4.78 is 0. The molecule has 0 radical (unpaired) electrons. The number of aromatic hydroxyl groups is 1. The lowest BCUT2D eigenvalue weighted by atomic mass is 9.80. The molecule has 3 heteroatoms. The van der Waals surface area contributed by atoms with Gasteiger partial charge in [-0.1, -0.05) is 17.7 Å². The first-order chi connectivity index (χ1) is 8.00. The normalized spacial score (nSPS) is 19.7. The van der Waals surface area contributed by atoms with Crippen molar-refractivity contribution in [2.24, 2.45) is 0 Å². The number of nitrogens with one attached hydrogen (secondary N) is 1. The highest BCUT2D eigenvalue weighted by molar-refractivity contribution is 5.37. The summed E-state index contributed by atoms with van der Waals surface area (Å²) in [5, 5.41) is 23.1. The Balaban J connectivity index is 1.99. The van der Waals surface area contributed by atoms with E-state index in [1.807, 2.05) is 26.0 Å². The number of hydrogen-bond donors (Lipinski definition) is 3. The fourth-order valence-electron chi connectivity index (χ4n) is 2.24. The molecule has 3 nitrogen and oxygen atoms in total. The summed E-state index contributed by atoms with van der Waals surface area (Å²) in [5.41, 5.74) is 1.51. The molecule has 0 bridgehead atoms. The van der Waals surface area contributed by atoms with Gasteiger partial charge in [-0.15, -0.1) is 0 Å². The summed E-state index contributed by atoms with van der Waals surface area (Å²) in [6.07, 6.45) is 2.88. The zero-order valence-corrected chi connectivity index (χ0v) is 10.5. The number of phenolic OH excluding ortho intramolecular Hbond substituents is 1. The second-order valence-electron chi connectivity index (χ2n) is 5.24. The van der Waals surface area contributed by atoms with Crippen LogP contribution < -0.4 is 5.32 Å². The second-order valence-corrected chi connectivity index (χ2v) is 5.24. The summed E-state index contributed by atoms with van der Waals surface area (Å²) in [5.74, 6) is 0.316. The number of phenols is 1. The van der Waals surface area contributed by atoms with E-state index in [0.717, 1.165) is 30.4 Å². The molecule has 0 heterocycles. The maximum Gasteiger partial charge on any atom is 0.120 e. The summed E-state index contributed by atoms with van der Waals surface area (Å²) in [7, 11) is 0. The topological polar surface area (TPSA) is 52.5 Å². The van der Waals surface area contributed by atoms with Crippen LogP contribution in [-0.4, -0.2) is 22.4 Å². The van der Waals surface area contributed by atoms with Crippen molar-refractivity contribution >= 4 is 0 Å². The second kappa shape index (κ2) is 4.67. The number of rotatable bonds is 4. The molecule has 1 aliphatic carbocycles. The summed E-state index contributed by atoms with van der Waals surface area (Å²) in [4.78, 5) is 0. The number of benzene rings is 1. The van der Waals surface area contributed by atoms with E-state index in [9.17, 15) is 10.2 Å². The summed E-state index contributed by atoms with van der Waals surface area (Å²) >= 11 is 0. The lowest BCUT2D eigenvalue weighted by molar-refractivity contribution is -0.0329. The predicted octanol–water partition coefficient (Wildman–Crippen LogP) is 2.27. The number of hydrogen-bond acceptors (Lipinski definition) is 3. The van der Waals surface area contributed by atoms with Crippen molar-refractivity contribution in [2.75, 3.05) is 6.54 Å². The van der Waals surface area contributed by atoms with Crippen molar-refractivity contribution < 1.29 is 10.2 Å². The summed E-state index contributed by atoms with van der Waals surface area (Å²) in [6.45, 7) is 4.62. The molecule has 0 saturated heterocycles. The van der Waals surface area contributed by atoms with Crippen LogP contribution in [-0.2, 0) is 0 Å². The minimum Gasteiger partial charge on any atom is -0.508 e. The van der Waals surface area contributed by atoms with Crippen LogP contribution in [0.15, 0.2) is 18.2 Å². The average molecular weight is 235 g/mol. The van der Waals surface area contributed by atoms with E-state index in [-0.39, 0.29) is 6.04 Å². The van der Waals surface area contributed by atoms with Crippen molar-refractivity contribution in [1.82, 2.24) is 5.32 Å². The van der Waals surface area contributed by atoms with Crippen LogP contribution in [0.1, 0.15) is 43.4 Å². The third kappa shape index (κ3) is 2.79. The Morgan fingerprint density at radius 2 is 2.12 bits per heavy atom. The van der Waals surface area contributed by atoms with Gasteiger partial charge >= 0.3 is 0 Å². The van der Waals surface area contributed by atoms with Crippen molar-refractivity contribution in [3.8, 4) is 5.75 Å². The molecular formula is C14H21NO2. The van der Waals surface area contributed by atoms with Gasteiger partial charge in [0.15, 0.2) is 0 Å². The standard InChI is InChI=1S/C14H21NO2/c1-10-4-5-13(16)12(8-10)11(2)15-9-14(17)6-3-7-14/h4-5,8,11,15-17H,3,6-7,9H2,1-2H3. The maximum atomic E-state index is 10.0. The minimum atomic E-state index is -0.520. The first-order valence-corrected chi connectivity index (χ1v) is 6.25. The lowest BCUT2D eigenvalue weighted by Gasteiger charge is -2.37. The zero-order valence-electron chi connectivity index (χ0n) is 10.5. The fourth-order valence-corrected chi connectivity index (χ4v) is 2.24. The smallest absolute Gasteiger partial charge is 0.120 e.